The Labute approximate surface area is 133 Å². The fraction of sp³-hybridized carbons (Fsp3) is 0. The molecule has 0 saturated carbocycles. The molecule has 0 unspecified atom stereocenters. The van der Waals surface area contributed by atoms with Crippen molar-refractivity contribution in [3.8, 4) is 0 Å². The average molecular weight is 362 g/mol. The Balaban J connectivity index is 0.000000360. The smallest absolute Gasteiger partial charge is 0.287 e. The van der Waals surface area contributed by atoms with Crippen LogP contribution in [-0.4, -0.2) is 25.9 Å². The summed E-state index contributed by atoms with van der Waals surface area (Å²) in [5, 5.41) is 1.75. The molecule has 0 aliphatic carbocycles. The van der Waals surface area contributed by atoms with Crippen LogP contribution < -0.4 is 5.84 Å². The number of rotatable bonds is 2. The molecule has 0 amide bonds. The third kappa shape index (κ3) is 9.31. The van der Waals surface area contributed by atoms with Gasteiger partial charge >= 0.3 is 0 Å². The number of nitrogens with zero attached hydrogens (tertiary/aromatic N) is 1. The van der Waals surface area contributed by atoms with Gasteiger partial charge in [-0.15, -0.1) is 4.91 Å². The lowest BCUT2D eigenvalue weighted by atomic mass is 10.4. The number of hydrogen-bond donors (Lipinski definition) is 3. The van der Waals surface area contributed by atoms with Gasteiger partial charge in [0.15, 0.2) is 0 Å². The standard InChI is InChI=1S/2C6H6O3S.H2N2O/c2*7-10(8,9)6-4-2-1-3-5-6;1-2-3/h2*1-5H,(H,7,8,9);(H2,1,3). The van der Waals surface area contributed by atoms with Crippen LogP contribution in [-0.2, 0) is 20.2 Å². The highest BCUT2D eigenvalue weighted by atomic mass is 32.2. The predicted octanol–water partition coefficient (Wildman–Crippen LogP) is 1.49. The summed E-state index contributed by atoms with van der Waals surface area (Å²) in [5.74, 6) is 3.92. The largest absolute Gasteiger partial charge is 0.294 e. The maximum atomic E-state index is 10.4. The summed E-state index contributed by atoms with van der Waals surface area (Å²) in [6, 6.07) is 14.8. The van der Waals surface area contributed by atoms with Crippen LogP contribution in [0.5, 0.6) is 0 Å². The quantitative estimate of drug-likeness (QED) is 0.313. The Kier molecular flexibility index (Phi) is 8.65. The van der Waals surface area contributed by atoms with E-state index in [1.165, 1.54) is 24.3 Å². The van der Waals surface area contributed by atoms with E-state index in [1.807, 2.05) is 0 Å². The van der Waals surface area contributed by atoms with E-state index in [2.05, 4.69) is 5.84 Å². The van der Waals surface area contributed by atoms with E-state index in [0.29, 0.717) is 0 Å². The first-order valence-corrected chi connectivity index (χ1v) is 8.58. The molecule has 4 N–H and O–H groups in total. The van der Waals surface area contributed by atoms with Gasteiger partial charge in [-0.25, -0.2) is 0 Å². The lowest BCUT2D eigenvalue weighted by Gasteiger charge is -1.92. The van der Waals surface area contributed by atoms with Gasteiger partial charge in [0.25, 0.3) is 20.2 Å². The molecule has 0 aliphatic heterocycles. The maximum Gasteiger partial charge on any atom is 0.294 e. The summed E-state index contributed by atoms with van der Waals surface area (Å²) in [6.07, 6.45) is 0. The van der Waals surface area contributed by atoms with Gasteiger partial charge < -0.3 is 0 Å². The first-order valence-electron chi connectivity index (χ1n) is 5.70. The average Bonchev–Trinajstić information content (AvgIpc) is 2.49. The predicted molar refractivity (Wildman–Crippen MR) is 82.5 cm³/mol. The zero-order chi connectivity index (χ0) is 17.9. The molecule has 126 valence electrons. The van der Waals surface area contributed by atoms with Crippen molar-refractivity contribution in [1.82, 2.24) is 0 Å². The van der Waals surface area contributed by atoms with Gasteiger partial charge in [0.05, 0.1) is 9.79 Å². The zero-order valence-corrected chi connectivity index (χ0v) is 13.2. The summed E-state index contributed by atoms with van der Waals surface area (Å²) >= 11 is 0. The number of benzene rings is 2. The molecule has 0 fully saturated rings. The molecule has 9 nitrogen and oxygen atoms in total. The normalized spacial score (nSPS) is 10.3. The van der Waals surface area contributed by atoms with Crippen LogP contribution in [0.1, 0.15) is 0 Å². The summed E-state index contributed by atoms with van der Waals surface area (Å²) in [4.78, 5) is 8.19. The summed E-state index contributed by atoms with van der Waals surface area (Å²) in [7, 11) is -8.01. The van der Waals surface area contributed by atoms with Crippen LogP contribution in [0.15, 0.2) is 75.7 Å². The van der Waals surface area contributed by atoms with Gasteiger partial charge in [0.2, 0.25) is 0 Å². The van der Waals surface area contributed by atoms with Crippen LogP contribution >= 0.6 is 0 Å². The Hall–Kier alpha value is -2.34. The van der Waals surface area contributed by atoms with Gasteiger partial charge in [-0.05, 0) is 24.3 Å². The fourth-order valence-corrected chi connectivity index (χ4v) is 2.19. The SMILES string of the molecule is NN=O.O=S(=O)(O)c1ccccc1.O=S(=O)(O)c1ccccc1. The second-order valence-corrected chi connectivity index (χ2v) is 6.52. The highest BCUT2D eigenvalue weighted by Crippen LogP contribution is 2.05. The Bertz CT molecular complexity index is 724. The lowest BCUT2D eigenvalue weighted by molar-refractivity contribution is 0.481. The minimum atomic E-state index is -4.00. The zero-order valence-electron chi connectivity index (χ0n) is 11.6. The monoisotopic (exact) mass is 362 g/mol. The summed E-state index contributed by atoms with van der Waals surface area (Å²) in [6.45, 7) is 0. The van der Waals surface area contributed by atoms with E-state index in [1.54, 1.807) is 41.7 Å². The van der Waals surface area contributed by atoms with E-state index in [9.17, 15) is 16.8 Å². The van der Waals surface area contributed by atoms with Gasteiger partial charge in [0, 0.05) is 5.29 Å². The van der Waals surface area contributed by atoms with Crippen molar-refractivity contribution in [2.24, 2.45) is 11.1 Å². The van der Waals surface area contributed by atoms with Crippen molar-refractivity contribution in [3.05, 3.63) is 65.6 Å². The van der Waals surface area contributed by atoms with Crippen molar-refractivity contribution in [2.45, 2.75) is 9.79 Å². The van der Waals surface area contributed by atoms with Gasteiger partial charge in [-0.3, -0.25) is 14.9 Å². The Morgan fingerprint density at radius 1 is 0.696 bits per heavy atom. The fourth-order valence-electron chi connectivity index (χ4n) is 1.18. The second kappa shape index (κ2) is 9.63. The summed E-state index contributed by atoms with van der Waals surface area (Å²) in [5.41, 5.74) is 0. The second-order valence-electron chi connectivity index (χ2n) is 3.68. The topological polar surface area (TPSA) is 164 Å². The number of nitrogens with two attached hydrogens (primary N) is 1. The molecule has 0 bridgehead atoms. The molecule has 0 radical (unpaired) electrons. The van der Waals surface area contributed by atoms with Crippen molar-refractivity contribution in [3.63, 3.8) is 0 Å². The third-order valence-corrected chi connectivity index (χ3v) is 3.82. The van der Waals surface area contributed by atoms with E-state index >= 15 is 0 Å². The molecule has 0 aromatic heterocycles. The number of hydrogen-bond acceptors (Lipinski definition) is 6. The van der Waals surface area contributed by atoms with E-state index in [0.717, 1.165) is 0 Å². The van der Waals surface area contributed by atoms with Crippen molar-refractivity contribution < 1.29 is 25.9 Å². The van der Waals surface area contributed by atoms with Crippen molar-refractivity contribution >= 4 is 20.2 Å². The first kappa shape index (κ1) is 20.7. The highest BCUT2D eigenvalue weighted by Gasteiger charge is 2.06. The molecule has 23 heavy (non-hydrogen) atoms. The Morgan fingerprint density at radius 2 is 0.913 bits per heavy atom. The molecule has 2 aromatic carbocycles. The molecule has 0 aliphatic rings. The summed E-state index contributed by atoms with van der Waals surface area (Å²) < 4.78 is 58.5. The molecular weight excluding hydrogens is 348 g/mol. The molecule has 0 heterocycles. The molecule has 0 spiro atoms. The molecular formula is C12H14N2O7S2. The molecule has 2 aromatic rings. The molecule has 11 heteroatoms. The van der Waals surface area contributed by atoms with Crippen LogP contribution in [0.4, 0.5) is 0 Å². The Morgan fingerprint density at radius 3 is 1.04 bits per heavy atom. The van der Waals surface area contributed by atoms with Gasteiger partial charge in [-0.1, -0.05) is 36.4 Å². The molecule has 0 atom stereocenters. The van der Waals surface area contributed by atoms with E-state index < -0.39 is 20.2 Å². The van der Waals surface area contributed by atoms with Crippen LogP contribution in [0, 0.1) is 4.91 Å². The molecule has 0 saturated heterocycles. The maximum absolute atomic E-state index is 10.4. The first-order chi connectivity index (χ1) is 10.6. The molecule has 2 rings (SSSR count). The van der Waals surface area contributed by atoms with Crippen LogP contribution in [0.2, 0.25) is 0 Å². The third-order valence-electron chi connectivity index (χ3n) is 2.08. The van der Waals surface area contributed by atoms with Crippen LogP contribution in [0.25, 0.3) is 0 Å². The van der Waals surface area contributed by atoms with E-state index in [-0.39, 0.29) is 9.79 Å². The lowest BCUT2D eigenvalue weighted by Crippen LogP contribution is -1.96. The minimum Gasteiger partial charge on any atom is -0.287 e. The van der Waals surface area contributed by atoms with Gasteiger partial charge in [-0.2, -0.15) is 16.8 Å². The van der Waals surface area contributed by atoms with E-state index in [4.69, 9.17) is 14.0 Å². The number of nitroso groups, excluding NO2 is 1. The van der Waals surface area contributed by atoms with Crippen molar-refractivity contribution in [1.29, 1.82) is 0 Å². The van der Waals surface area contributed by atoms with Crippen LogP contribution in [0.3, 0.4) is 0 Å². The van der Waals surface area contributed by atoms with Crippen molar-refractivity contribution in [2.75, 3.05) is 0 Å². The minimum absolute atomic E-state index is 0.0741. The van der Waals surface area contributed by atoms with Gasteiger partial charge in [0.1, 0.15) is 0 Å². The highest BCUT2D eigenvalue weighted by molar-refractivity contribution is 7.86.